The van der Waals surface area contributed by atoms with Crippen molar-refractivity contribution in [3.63, 3.8) is 0 Å². The van der Waals surface area contributed by atoms with Crippen molar-refractivity contribution in [2.24, 2.45) is 0 Å². The van der Waals surface area contributed by atoms with Gasteiger partial charge in [0.1, 0.15) is 0 Å². The lowest BCUT2D eigenvalue weighted by molar-refractivity contribution is 0.261. The Balaban J connectivity index is 2.29. The second-order valence-electron chi connectivity index (χ2n) is 4.89. The molecular weight excluding hydrogens is 264 g/mol. The molecule has 0 atom stereocenters. The van der Waals surface area contributed by atoms with E-state index in [1.165, 1.54) is 24.8 Å². The van der Waals surface area contributed by atoms with Gasteiger partial charge in [-0.05, 0) is 18.9 Å². The van der Waals surface area contributed by atoms with Crippen molar-refractivity contribution >= 4 is 10.0 Å². The number of sulfonamides is 1. The van der Waals surface area contributed by atoms with Gasteiger partial charge in [-0.3, -0.25) is 4.79 Å². The Labute approximate surface area is 113 Å². The standard InChI is InChI=1S/C13H20N2O3S/c1-2-15(11-6-4-3-5-7-11)19(17,18)12-8-9-13(16)14-10-12/h8-11H,2-7H2,1H3,(H,14,16). The van der Waals surface area contributed by atoms with Crippen LogP contribution in [0.4, 0.5) is 0 Å². The highest BCUT2D eigenvalue weighted by atomic mass is 32.2. The normalized spacial score (nSPS) is 17.8. The van der Waals surface area contributed by atoms with Crippen molar-refractivity contribution < 1.29 is 8.42 Å². The smallest absolute Gasteiger partial charge is 0.247 e. The molecule has 0 spiro atoms. The number of nitrogens with one attached hydrogen (secondary N) is 1. The number of nitrogens with zero attached hydrogens (tertiary/aromatic N) is 1. The summed E-state index contributed by atoms with van der Waals surface area (Å²) in [5.41, 5.74) is -0.292. The Morgan fingerprint density at radius 2 is 1.95 bits per heavy atom. The maximum Gasteiger partial charge on any atom is 0.247 e. The van der Waals surface area contributed by atoms with Gasteiger partial charge in [-0.1, -0.05) is 26.2 Å². The minimum absolute atomic E-state index is 0.0932. The number of aromatic nitrogens is 1. The van der Waals surface area contributed by atoms with E-state index >= 15 is 0 Å². The predicted octanol–water partition coefficient (Wildman–Crippen LogP) is 1.72. The molecule has 1 fully saturated rings. The number of H-pyrrole nitrogens is 1. The lowest BCUT2D eigenvalue weighted by Crippen LogP contribution is -2.41. The molecule has 0 radical (unpaired) electrons. The highest BCUT2D eigenvalue weighted by Gasteiger charge is 2.31. The van der Waals surface area contributed by atoms with Crippen LogP contribution in [0.25, 0.3) is 0 Å². The zero-order valence-corrected chi connectivity index (χ0v) is 11.9. The van der Waals surface area contributed by atoms with Gasteiger partial charge in [0.25, 0.3) is 0 Å². The number of hydrogen-bond acceptors (Lipinski definition) is 3. The summed E-state index contributed by atoms with van der Waals surface area (Å²) in [4.78, 5) is 13.6. The highest BCUT2D eigenvalue weighted by Crippen LogP contribution is 2.27. The summed E-state index contributed by atoms with van der Waals surface area (Å²) in [5, 5.41) is 0. The quantitative estimate of drug-likeness (QED) is 0.915. The molecule has 1 aromatic heterocycles. The maximum absolute atomic E-state index is 12.6. The van der Waals surface area contributed by atoms with Crippen LogP contribution in [0.2, 0.25) is 0 Å². The van der Waals surface area contributed by atoms with Crippen LogP contribution in [0.3, 0.4) is 0 Å². The SMILES string of the molecule is CCN(C1CCCCC1)S(=O)(=O)c1ccc(=O)[nH]c1. The van der Waals surface area contributed by atoms with Crippen LogP contribution in [0.1, 0.15) is 39.0 Å². The summed E-state index contributed by atoms with van der Waals surface area (Å²) in [7, 11) is -3.50. The molecule has 0 unspecified atom stereocenters. The minimum atomic E-state index is -3.50. The molecule has 5 nitrogen and oxygen atoms in total. The van der Waals surface area contributed by atoms with Crippen molar-refractivity contribution in [2.45, 2.75) is 50.0 Å². The van der Waals surface area contributed by atoms with Crippen molar-refractivity contribution in [1.29, 1.82) is 0 Å². The molecule has 1 aliphatic rings. The first-order chi connectivity index (χ1) is 9.05. The first kappa shape index (κ1) is 14.3. The number of rotatable bonds is 4. The molecule has 0 amide bonds. The van der Waals surface area contributed by atoms with Crippen LogP contribution in [0.5, 0.6) is 0 Å². The van der Waals surface area contributed by atoms with Gasteiger partial charge in [-0.15, -0.1) is 0 Å². The molecule has 1 heterocycles. The van der Waals surface area contributed by atoms with Crippen molar-refractivity contribution in [2.75, 3.05) is 6.54 Å². The molecule has 2 rings (SSSR count). The fraction of sp³-hybridized carbons (Fsp3) is 0.615. The first-order valence-electron chi connectivity index (χ1n) is 6.76. The molecule has 1 saturated carbocycles. The van der Waals surface area contributed by atoms with E-state index in [0.29, 0.717) is 6.54 Å². The number of aromatic amines is 1. The van der Waals surface area contributed by atoms with Gasteiger partial charge < -0.3 is 4.98 Å². The summed E-state index contributed by atoms with van der Waals surface area (Å²) in [5.74, 6) is 0. The maximum atomic E-state index is 12.6. The van der Waals surface area contributed by atoms with E-state index in [1.807, 2.05) is 6.92 Å². The number of pyridine rings is 1. The zero-order chi connectivity index (χ0) is 13.9. The van der Waals surface area contributed by atoms with E-state index in [9.17, 15) is 13.2 Å². The van der Waals surface area contributed by atoms with Crippen molar-refractivity contribution in [3.8, 4) is 0 Å². The largest absolute Gasteiger partial charge is 0.328 e. The predicted molar refractivity (Wildman–Crippen MR) is 73.5 cm³/mol. The summed E-state index contributed by atoms with van der Waals surface area (Å²) in [6.07, 6.45) is 6.49. The molecule has 0 saturated heterocycles. The molecule has 19 heavy (non-hydrogen) atoms. The molecule has 1 aromatic rings. The third-order valence-corrected chi connectivity index (χ3v) is 5.68. The van der Waals surface area contributed by atoms with Crippen LogP contribution >= 0.6 is 0 Å². The Morgan fingerprint density at radius 1 is 1.26 bits per heavy atom. The molecule has 6 heteroatoms. The van der Waals surface area contributed by atoms with E-state index < -0.39 is 10.0 Å². The summed E-state index contributed by atoms with van der Waals surface area (Å²) < 4.78 is 26.7. The molecule has 0 aliphatic heterocycles. The highest BCUT2D eigenvalue weighted by molar-refractivity contribution is 7.89. The fourth-order valence-electron chi connectivity index (χ4n) is 2.69. The average Bonchev–Trinajstić information content (AvgIpc) is 2.41. The zero-order valence-electron chi connectivity index (χ0n) is 11.1. The van der Waals surface area contributed by atoms with E-state index in [-0.39, 0.29) is 16.5 Å². The van der Waals surface area contributed by atoms with E-state index in [4.69, 9.17) is 0 Å². The van der Waals surface area contributed by atoms with Crippen LogP contribution in [-0.2, 0) is 10.0 Å². The minimum Gasteiger partial charge on any atom is -0.328 e. The average molecular weight is 284 g/mol. The summed E-state index contributed by atoms with van der Waals surface area (Å²) >= 11 is 0. The number of hydrogen-bond donors (Lipinski definition) is 1. The molecule has 0 aromatic carbocycles. The molecule has 1 N–H and O–H groups in total. The summed E-state index contributed by atoms with van der Waals surface area (Å²) in [6.45, 7) is 2.32. The third-order valence-electron chi connectivity index (χ3n) is 3.66. The fourth-order valence-corrected chi connectivity index (χ4v) is 4.35. The van der Waals surface area contributed by atoms with Crippen LogP contribution in [0, 0.1) is 0 Å². The Bertz CT molecular complexity index is 553. The van der Waals surface area contributed by atoms with E-state index in [1.54, 1.807) is 4.31 Å². The summed E-state index contributed by atoms with van der Waals surface area (Å²) in [6, 6.07) is 2.72. The molecular formula is C13H20N2O3S. The van der Waals surface area contributed by atoms with Gasteiger partial charge in [0.15, 0.2) is 0 Å². The Morgan fingerprint density at radius 3 is 2.47 bits per heavy atom. The lowest BCUT2D eigenvalue weighted by atomic mass is 9.95. The van der Waals surface area contributed by atoms with Crippen LogP contribution in [-0.4, -0.2) is 30.3 Å². The topological polar surface area (TPSA) is 70.2 Å². The second-order valence-corrected chi connectivity index (χ2v) is 6.78. The van der Waals surface area contributed by atoms with Gasteiger partial charge in [-0.25, -0.2) is 8.42 Å². The van der Waals surface area contributed by atoms with Crippen molar-refractivity contribution in [1.82, 2.24) is 9.29 Å². The van der Waals surface area contributed by atoms with Gasteiger partial charge in [0.2, 0.25) is 15.6 Å². The van der Waals surface area contributed by atoms with Gasteiger partial charge in [0.05, 0.1) is 4.90 Å². The Hall–Kier alpha value is -1.14. The first-order valence-corrected chi connectivity index (χ1v) is 8.20. The molecule has 1 aliphatic carbocycles. The van der Waals surface area contributed by atoms with Gasteiger partial charge in [-0.2, -0.15) is 4.31 Å². The second kappa shape index (κ2) is 5.88. The molecule has 106 valence electrons. The van der Waals surface area contributed by atoms with Gasteiger partial charge in [0, 0.05) is 24.8 Å². The van der Waals surface area contributed by atoms with Crippen LogP contribution < -0.4 is 5.56 Å². The van der Waals surface area contributed by atoms with Crippen LogP contribution in [0.15, 0.2) is 28.0 Å². The van der Waals surface area contributed by atoms with E-state index in [0.717, 1.165) is 25.7 Å². The van der Waals surface area contributed by atoms with Crippen molar-refractivity contribution in [3.05, 3.63) is 28.7 Å². The third kappa shape index (κ3) is 3.06. The lowest BCUT2D eigenvalue weighted by Gasteiger charge is -2.32. The van der Waals surface area contributed by atoms with Gasteiger partial charge >= 0.3 is 0 Å². The van der Waals surface area contributed by atoms with E-state index in [2.05, 4.69) is 4.98 Å². The molecule has 0 bridgehead atoms. The Kier molecular flexibility index (Phi) is 4.42. The monoisotopic (exact) mass is 284 g/mol.